The first-order chi connectivity index (χ1) is 13.6. The summed E-state index contributed by atoms with van der Waals surface area (Å²) >= 11 is 0. The minimum Gasteiger partial charge on any atom is -0.497 e. The van der Waals surface area contributed by atoms with Gasteiger partial charge in [0.1, 0.15) is 11.6 Å². The Bertz CT molecular complexity index is 932. The average molecular weight is 378 g/mol. The van der Waals surface area contributed by atoms with Crippen LogP contribution in [0.5, 0.6) is 5.75 Å². The molecule has 28 heavy (non-hydrogen) atoms. The second-order valence-corrected chi connectivity index (χ2v) is 6.00. The predicted octanol–water partition coefficient (Wildman–Crippen LogP) is 2.22. The maximum Gasteiger partial charge on any atom is 0.244 e. The van der Waals surface area contributed by atoms with Crippen molar-refractivity contribution in [2.24, 2.45) is 0 Å². The molecule has 0 atom stereocenters. The number of carbonyl (C=O) groups is 1. The van der Waals surface area contributed by atoms with Gasteiger partial charge >= 0.3 is 0 Å². The van der Waals surface area contributed by atoms with Gasteiger partial charge in [0.25, 0.3) is 0 Å². The molecule has 0 radical (unpaired) electrons. The number of aryl methyl sites for hydroxylation is 1. The minimum absolute atomic E-state index is 0.159. The van der Waals surface area contributed by atoms with Crippen LogP contribution in [0.2, 0.25) is 0 Å². The molecule has 8 heteroatoms. The van der Waals surface area contributed by atoms with E-state index in [0.29, 0.717) is 24.7 Å². The Hall–Kier alpha value is -3.68. The summed E-state index contributed by atoms with van der Waals surface area (Å²) in [6.07, 6.45) is 5.09. The molecular formula is C20H22N6O2. The zero-order chi connectivity index (χ0) is 19.8. The smallest absolute Gasteiger partial charge is 0.244 e. The van der Waals surface area contributed by atoms with Gasteiger partial charge < -0.3 is 15.4 Å². The normalized spacial score (nSPS) is 10.8. The Balaban J connectivity index is 1.40. The molecule has 2 aromatic heterocycles. The first kappa shape index (κ1) is 19.1. The topological polar surface area (TPSA) is 94.0 Å². The van der Waals surface area contributed by atoms with Crippen LogP contribution in [-0.4, -0.2) is 46.1 Å². The van der Waals surface area contributed by atoms with Crippen LogP contribution in [0.1, 0.15) is 11.3 Å². The zero-order valence-corrected chi connectivity index (χ0v) is 15.8. The summed E-state index contributed by atoms with van der Waals surface area (Å²) < 4.78 is 6.77. The molecule has 3 rings (SSSR count). The van der Waals surface area contributed by atoms with Crippen LogP contribution in [0, 0.1) is 6.92 Å². The van der Waals surface area contributed by atoms with Crippen molar-refractivity contribution in [3.8, 4) is 11.6 Å². The third kappa shape index (κ3) is 5.41. The number of hydrogen-bond donors (Lipinski definition) is 2. The highest BCUT2D eigenvalue weighted by Crippen LogP contribution is 2.12. The molecule has 2 N–H and O–H groups in total. The average Bonchev–Trinajstić information content (AvgIpc) is 3.17. The number of aromatic nitrogens is 4. The second kappa shape index (κ2) is 9.31. The van der Waals surface area contributed by atoms with Gasteiger partial charge in [-0.05, 0) is 48.9 Å². The highest BCUT2D eigenvalue weighted by molar-refractivity contribution is 5.91. The number of nitrogens with one attached hydrogen (secondary N) is 2. The number of anilines is 1. The maximum absolute atomic E-state index is 11.9. The number of carbonyl (C=O) groups excluding carboxylic acids is 1. The first-order valence-electron chi connectivity index (χ1n) is 8.84. The lowest BCUT2D eigenvalue weighted by Crippen LogP contribution is -2.27. The number of rotatable bonds is 8. The number of methoxy groups -OCH3 is 1. The van der Waals surface area contributed by atoms with Gasteiger partial charge in [-0.2, -0.15) is 5.10 Å². The van der Waals surface area contributed by atoms with Crippen LogP contribution in [0.25, 0.3) is 11.9 Å². The van der Waals surface area contributed by atoms with Crippen LogP contribution >= 0.6 is 0 Å². The zero-order valence-electron chi connectivity index (χ0n) is 15.8. The van der Waals surface area contributed by atoms with Crippen LogP contribution in [0.15, 0.2) is 54.7 Å². The van der Waals surface area contributed by atoms with Gasteiger partial charge in [-0.25, -0.2) is 4.68 Å². The molecule has 8 nitrogen and oxygen atoms in total. The van der Waals surface area contributed by atoms with E-state index in [1.165, 1.54) is 6.08 Å². The number of nitrogens with zero attached hydrogens (tertiary/aromatic N) is 4. The fraction of sp³-hybridized carbons (Fsp3) is 0.200. The molecule has 0 saturated carbocycles. The van der Waals surface area contributed by atoms with Crippen molar-refractivity contribution in [2.75, 3.05) is 25.5 Å². The number of benzene rings is 1. The van der Waals surface area contributed by atoms with E-state index in [-0.39, 0.29) is 5.91 Å². The molecule has 0 aliphatic carbocycles. The van der Waals surface area contributed by atoms with E-state index < -0.39 is 0 Å². The van der Waals surface area contributed by atoms with Crippen molar-refractivity contribution in [1.82, 2.24) is 25.3 Å². The van der Waals surface area contributed by atoms with Crippen LogP contribution in [0.3, 0.4) is 0 Å². The van der Waals surface area contributed by atoms with Crippen molar-refractivity contribution in [2.45, 2.75) is 6.92 Å². The van der Waals surface area contributed by atoms with Crippen molar-refractivity contribution in [3.05, 3.63) is 66.0 Å². The van der Waals surface area contributed by atoms with E-state index in [1.807, 2.05) is 55.6 Å². The van der Waals surface area contributed by atoms with Gasteiger partial charge in [0.05, 0.1) is 12.8 Å². The Morgan fingerprint density at radius 1 is 1.11 bits per heavy atom. The first-order valence-corrected chi connectivity index (χ1v) is 8.84. The van der Waals surface area contributed by atoms with Gasteiger partial charge in [-0.1, -0.05) is 12.1 Å². The lowest BCUT2D eigenvalue weighted by molar-refractivity contribution is -0.116. The molecule has 0 spiro atoms. The third-order valence-corrected chi connectivity index (χ3v) is 3.88. The Kier molecular flexibility index (Phi) is 6.35. The second-order valence-electron chi connectivity index (χ2n) is 6.00. The van der Waals surface area contributed by atoms with E-state index in [9.17, 15) is 4.79 Å². The summed E-state index contributed by atoms with van der Waals surface area (Å²) in [6, 6.07) is 13.0. The highest BCUT2D eigenvalue weighted by atomic mass is 16.5. The quantitative estimate of drug-likeness (QED) is 0.461. The predicted molar refractivity (Wildman–Crippen MR) is 107 cm³/mol. The molecule has 0 unspecified atom stereocenters. The Morgan fingerprint density at radius 3 is 2.57 bits per heavy atom. The van der Waals surface area contributed by atoms with Crippen LogP contribution in [-0.2, 0) is 4.79 Å². The van der Waals surface area contributed by atoms with E-state index in [0.717, 1.165) is 17.0 Å². The fourth-order valence-corrected chi connectivity index (χ4v) is 2.41. The van der Waals surface area contributed by atoms with Crippen molar-refractivity contribution >= 4 is 17.8 Å². The van der Waals surface area contributed by atoms with Gasteiger partial charge in [0.15, 0.2) is 5.82 Å². The molecule has 0 aliphatic rings. The molecular weight excluding hydrogens is 356 g/mol. The SMILES string of the molecule is COc1ccc(/C=C/C(=O)NCCNc2ccc(-n3ccc(C)n3)nn2)cc1. The van der Waals surface area contributed by atoms with Crippen molar-refractivity contribution in [1.29, 1.82) is 0 Å². The number of ether oxygens (including phenoxy) is 1. The summed E-state index contributed by atoms with van der Waals surface area (Å²) in [5.74, 6) is 1.91. The van der Waals surface area contributed by atoms with Crippen LogP contribution < -0.4 is 15.4 Å². The molecule has 0 fully saturated rings. The van der Waals surface area contributed by atoms with E-state index in [4.69, 9.17) is 4.74 Å². The summed E-state index contributed by atoms with van der Waals surface area (Å²) in [7, 11) is 1.62. The van der Waals surface area contributed by atoms with Crippen LogP contribution in [0.4, 0.5) is 5.82 Å². The highest BCUT2D eigenvalue weighted by Gasteiger charge is 2.02. The molecule has 1 amide bonds. The Labute approximate surface area is 163 Å². The van der Waals surface area contributed by atoms with E-state index in [1.54, 1.807) is 17.9 Å². The fourth-order valence-electron chi connectivity index (χ4n) is 2.41. The van der Waals surface area contributed by atoms with E-state index >= 15 is 0 Å². The van der Waals surface area contributed by atoms with Crippen molar-refractivity contribution < 1.29 is 9.53 Å². The molecule has 0 aliphatic heterocycles. The van der Waals surface area contributed by atoms with Crippen molar-refractivity contribution in [3.63, 3.8) is 0 Å². The number of hydrogen-bond acceptors (Lipinski definition) is 6. The minimum atomic E-state index is -0.159. The summed E-state index contributed by atoms with van der Waals surface area (Å²) in [4.78, 5) is 11.9. The molecule has 0 saturated heterocycles. The largest absolute Gasteiger partial charge is 0.497 e. The van der Waals surface area contributed by atoms with Gasteiger partial charge in [0, 0.05) is 25.4 Å². The lowest BCUT2D eigenvalue weighted by Gasteiger charge is -2.06. The standard InChI is InChI=1S/C20H22N6O2/c1-15-11-14-26(25-15)19-9-8-18(23-24-19)21-12-13-22-20(27)10-5-16-3-6-17(28-2)7-4-16/h3-11,14H,12-13H2,1-2H3,(H,21,23)(H,22,27)/b10-5+. The molecule has 144 valence electrons. The molecule has 0 bridgehead atoms. The summed E-state index contributed by atoms with van der Waals surface area (Å²) in [5.41, 5.74) is 1.84. The molecule has 1 aromatic carbocycles. The Morgan fingerprint density at radius 2 is 1.93 bits per heavy atom. The molecule has 2 heterocycles. The monoisotopic (exact) mass is 378 g/mol. The van der Waals surface area contributed by atoms with Gasteiger partial charge in [-0.3, -0.25) is 4.79 Å². The van der Waals surface area contributed by atoms with Gasteiger partial charge in [0.2, 0.25) is 5.91 Å². The lowest BCUT2D eigenvalue weighted by atomic mass is 10.2. The number of amides is 1. The third-order valence-electron chi connectivity index (χ3n) is 3.88. The molecule has 3 aromatic rings. The summed E-state index contributed by atoms with van der Waals surface area (Å²) in [6.45, 7) is 2.92. The maximum atomic E-state index is 11.9. The van der Waals surface area contributed by atoms with E-state index in [2.05, 4.69) is 25.9 Å². The summed E-state index contributed by atoms with van der Waals surface area (Å²) in [5, 5.41) is 18.5. The van der Waals surface area contributed by atoms with Gasteiger partial charge in [-0.15, -0.1) is 10.2 Å².